The summed E-state index contributed by atoms with van der Waals surface area (Å²) in [5, 5.41) is 8.73. The molecule has 1 aromatic heterocycles. The maximum atomic E-state index is 8.73. The Morgan fingerprint density at radius 3 is 2.94 bits per heavy atom. The zero-order valence-corrected chi connectivity index (χ0v) is 9.18. The standard InChI is InChI=1S/C11H14N4O/c1-2-16-9(7-3-4-7)11-14-6-8(5-12)10(13)15-11/h6-7,9H,2-4H2,1H3,(H2,13,14,15). The zero-order chi connectivity index (χ0) is 11.5. The number of aromatic nitrogens is 2. The van der Waals surface area contributed by atoms with Crippen LogP contribution in [0.15, 0.2) is 6.20 Å². The fourth-order valence-corrected chi connectivity index (χ4v) is 1.63. The molecule has 0 aromatic carbocycles. The van der Waals surface area contributed by atoms with Gasteiger partial charge in [-0.05, 0) is 25.7 Å². The van der Waals surface area contributed by atoms with Crippen LogP contribution in [0, 0.1) is 17.2 Å². The maximum Gasteiger partial charge on any atom is 0.159 e. The van der Waals surface area contributed by atoms with E-state index in [-0.39, 0.29) is 11.9 Å². The summed E-state index contributed by atoms with van der Waals surface area (Å²) in [4.78, 5) is 8.30. The molecule has 5 nitrogen and oxygen atoms in total. The van der Waals surface area contributed by atoms with E-state index in [2.05, 4.69) is 9.97 Å². The predicted octanol–water partition coefficient (Wildman–Crippen LogP) is 1.42. The van der Waals surface area contributed by atoms with Gasteiger partial charge < -0.3 is 10.5 Å². The van der Waals surface area contributed by atoms with Crippen LogP contribution in [-0.4, -0.2) is 16.6 Å². The summed E-state index contributed by atoms with van der Waals surface area (Å²) >= 11 is 0. The highest BCUT2D eigenvalue weighted by molar-refractivity contribution is 5.46. The van der Waals surface area contributed by atoms with Crippen molar-refractivity contribution in [1.82, 2.24) is 9.97 Å². The van der Waals surface area contributed by atoms with Crippen molar-refractivity contribution >= 4 is 5.82 Å². The van der Waals surface area contributed by atoms with E-state index in [1.807, 2.05) is 13.0 Å². The highest BCUT2D eigenvalue weighted by Gasteiger charge is 2.35. The fourth-order valence-electron chi connectivity index (χ4n) is 1.63. The van der Waals surface area contributed by atoms with Crippen molar-refractivity contribution in [1.29, 1.82) is 5.26 Å². The van der Waals surface area contributed by atoms with Crippen molar-refractivity contribution in [2.24, 2.45) is 5.92 Å². The van der Waals surface area contributed by atoms with Gasteiger partial charge in [0.1, 0.15) is 23.6 Å². The third-order valence-electron chi connectivity index (χ3n) is 2.61. The summed E-state index contributed by atoms with van der Waals surface area (Å²) in [5.74, 6) is 1.34. The van der Waals surface area contributed by atoms with Gasteiger partial charge in [0.25, 0.3) is 0 Å². The van der Waals surface area contributed by atoms with E-state index in [0.29, 0.717) is 23.9 Å². The van der Waals surface area contributed by atoms with Crippen molar-refractivity contribution in [3.63, 3.8) is 0 Å². The molecule has 0 saturated heterocycles. The van der Waals surface area contributed by atoms with Gasteiger partial charge in [-0.3, -0.25) is 0 Å². The molecule has 1 saturated carbocycles. The normalized spacial score (nSPS) is 16.8. The maximum absolute atomic E-state index is 8.73. The molecule has 5 heteroatoms. The number of rotatable bonds is 4. The van der Waals surface area contributed by atoms with Gasteiger partial charge >= 0.3 is 0 Å². The van der Waals surface area contributed by atoms with Crippen molar-refractivity contribution in [3.05, 3.63) is 17.6 Å². The average Bonchev–Trinajstić information content (AvgIpc) is 3.09. The molecule has 1 aliphatic carbocycles. The van der Waals surface area contributed by atoms with Gasteiger partial charge in [-0.1, -0.05) is 0 Å². The van der Waals surface area contributed by atoms with Gasteiger partial charge in [0.15, 0.2) is 5.82 Å². The molecule has 0 amide bonds. The van der Waals surface area contributed by atoms with Crippen LogP contribution >= 0.6 is 0 Å². The van der Waals surface area contributed by atoms with E-state index < -0.39 is 0 Å². The van der Waals surface area contributed by atoms with Crippen LogP contribution in [0.2, 0.25) is 0 Å². The summed E-state index contributed by atoms with van der Waals surface area (Å²) in [7, 11) is 0. The number of nitriles is 1. The van der Waals surface area contributed by atoms with Crippen LogP contribution in [0.3, 0.4) is 0 Å². The smallest absolute Gasteiger partial charge is 0.159 e. The number of anilines is 1. The molecule has 0 radical (unpaired) electrons. The predicted molar refractivity (Wildman–Crippen MR) is 58.3 cm³/mol. The van der Waals surface area contributed by atoms with Crippen molar-refractivity contribution in [3.8, 4) is 6.07 Å². The van der Waals surface area contributed by atoms with E-state index in [9.17, 15) is 0 Å². The average molecular weight is 218 g/mol. The molecule has 1 aromatic rings. The van der Waals surface area contributed by atoms with Crippen molar-refractivity contribution in [2.75, 3.05) is 12.3 Å². The quantitative estimate of drug-likeness (QED) is 0.826. The number of nitrogens with two attached hydrogens (primary N) is 1. The molecule has 1 heterocycles. The van der Waals surface area contributed by atoms with Crippen molar-refractivity contribution in [2.45, 2.75) is 25.9 Å². The molecule has 0 aliphatic heterocycles. The van der Waals surface area contributed by atoms with Gasteiger partial charge in [-0.25, -0.2) is 9.97 Å². The Morgan fingerprint density at radius 1 is 1.69 bits per heavy atom. The lowest BCUT2D eigenvalue weighted by molar-refractivity contribution is 0.0401. The van der Waals surface area contributed by atoms with E-state index in [4.69, 9.17) is 15.7 Å². The summed E-state index contributed by atoms with van der Waals surface area (Å²) in [6, 6.07) is 1.95. The van der Waals surface area contributed by atoms with Crippen LogP contribution < -0.4 is 5.73 Å². The number of hydrogen-bond acceptors (Lipinski definition) is 5. The summed E-state index contributed by atoms with van der Waals surface area (Å²) in [6.45, 7) is 2.58. The topological polar surface area (TPSA) is 84.8 Å². The van der Waals surface area contributed by atoms with Gasteiger partial charge in [-0.2, -0.15) is 5.26 Å². The monoisotopic (exact) mass is 218 g/mol. The first-order chi connectivity index (χ1) is 7.76. The Kier molecular flexibility index (Phi) is 3.02. The minimum Gasteiger partial charge on any atom is -0.382 e. The van der Waals surface area contributed by atoms with E-state index in [0.717, 1.165) is 12.8 Å². The van der Waals surface area contributed by atoms with Crippen LogP contribution in [0.4, 0.5) is 5.82 Å². The second kappa shape index (κ2) is 4.45. The van der Waals surface area contributed by atoms with Crippen LogP contribution in [-0.2, 0) is 4.74 Å². The van der Waals surface area contributed by atoms with Gasteiger partial charge in [-0.15, -0.1) is 0 Å². The lowest BCUT2D eigenvalue weighted by Crippen LogP contribution is -2.12. The molecule has 0 bridgehead atoms. The Bertz CT molecular complexity index is 422. The summed E-state index contributed by atoms with van der Waals surface area (Å²) in [6.07, 6.45) is 3.69. The first-order valence-electron chi connectivity index (χ1n) is 5.40. The first-order valence-corrected chi connectivity index (χ1v) is 5.40. The Hall–Kier alpha value is -1.67. The molecule has 84 valence electrons. The molecular formula is C11H14N4O. The Balaban J connectivity index is 2.24. The zero-order valence-electron chi connectivity index (χ0n) is 9.18. The lowest BCUT2D eigenvalue weighted by Gasteiger charge is -2.14. The minimum atomic E-state index is -0.0694. The van der Waals surface area contributed by atoms with Crippen LogP contribution in [0.5, 0.6) is 0 Å². The molecule has 16 heavy (non-hydrogen) atoms. The summed E-state index contributed by atoms with van der Waals surface area (Å²) in [5.41, 5.74) is 5.97. The van der Waals surface area contributed by atoms with Crippen molar-refractivity contribution < 1.29 is 4.74 Å². The SMILES string of the molecule is CCOC(c1ncc(C#N)c(N)n1)C1CC1. The third kappa shape index (κ3) is 2.12. The largest absolute Gasteiger partial charge is 0.382 e. The second-order valence-corrected chi connectivity index (χ2v) is 3.85. The molecule has 1 unspecified atom stereocenters. The van der Waals surface area contributed by atoms with Gasteiger partial charge in [0, 0.05) is 6.61 Å². The first kappa shape index (κ1) is 10.8. The third-order valence-corrected chi connectivity index (χ3v) is 2.61. The molecule has 1 aliphatic rings. The van der Waals surface area contributed by atoms with E-state index in [1.54, 1.807) is 0 Å². The highest BCUT2D eigenvalue weighted by atomic mass is 16.5. The number of nitrogen functional groups attached to an aromatic ring is 1. The molecular weight excluding hydrogens is 204 g/mol. The van der Waals surface area contributed by atoms with Crippen LogP contribution in [0.25, 0.3) is 0 Å². The Morgan fingerprint density at radius 2 is 2.44 bits per heavy atom. The number of nitrogens with zero attached hydrogens (tertiary/aromatic N) is 3. The fraction of sp³-hybridized carbons (Fsp3) is 0.545. The van der Waals surface area contributed by atoms with E-state index >= 15 is 0 Å². The second-order valence-electron chi connectivity index (χ2n) is 3.85. The molecule has 1 atom stereocenters. The van der Waals surface area contributed by atoms with Gasteiger partial charge in [0.05, 0.1) is 6.20 Å². The minimum absolute atomic E-state index is 0.0694. The molecule has 0 spiro atoms. The molecule has 1 fully saturated rings. The Labute approximate surface area is 94.3 Å². The molecule has 2 rings (SSSR count). The number of ether oxygens (including phenoxy) is 1. The highest BCUT2D eigenvalue weighted by Crippen LogP contribution is 2.42. The lowest BCUT2D eigenvalue weighted by atomic mass is 10.2. The number of hydrogen-bond donors (Lipinski definition) is 1. The van der Waals surface area contributed by atoms with Crippen LogP contribution in [0.1, 0.15) is 37.3 Å². The van der Waals surface area contributed by atoms with E-state index in [1.165, 1.54) is 6.20 Å². The molecule has 2 N–H and O–H groups in total. The van der Waals surface area contributed by atoms with Gasteiger partial charge in [0.2, 0.25) is 0 Å². The summed E-state index contributed by atoms with van der Waals surface area (Å²) < 4.78 is 5.62.